The maximum atomic E-state index is 12.8. The Morgan fingerprint density at radius 3 is 2.31 bits per heavy atom. The largest absolute Gasteiger partial charge is 0.387 e. The Hall–Kier alpha value is -2.98. The van der Waals surface area contributed by atoms with Crippen LogP contribution in [0.15, 0.2) is 41.3 Å². The van der Waals surface area contributed by atoms with Crippen molar-refractivity contribution in [2.24, 2.45) is 0 Å². The van der Waals surface area contributed by atoms with Crippen molar-refractivity contribution >= 4 is 33.0 Å². The molecule has 0 fully saturated rings. The predicted octanol–water partition coefficient (Wildman–Crippen LogP) is 3.23. The molecule has 2 aromatic carbocycles. The molecule has 1 amide bonds. The van der Waals surface area contributed by atoms with Crippen LogP contribution in [0.3, 0.4) is 0 Å². The summed E-state index contributed by atoms with van der Waals surface area (Å²) < 4.78 is 26.8. The molecule has 156 valence electrons. The fraction of sp³-hybridized carbons (Fsp3) is 0.316. The van der Waals surface area contributed by atoms with Gasteiger partial charge < -0.3 is 10.6 Å². The van der Waals surface area contributed by atoms with Gasteiger partial charge in [0.2, 0.25) is 10.0 Å². The lowest BCUT2D eigenvalue weighted by Crippen LogP contribution is -2.30. The molecule has 0 saturated heterocycles. The summed E-state index contributed by atoms with van der Waals surface area (Å²) in [7, 11) is -2.09. The van der Waals surface area contributed by atoms with Gasteiger partial charge in [-0.3, -0.25) is 14.9 Å². The van der Waals surface area contributed by atoms with Crippen LogP contribution < -0.4 is 10.6 Å². The summed E-state index contributed by atoms with van der Waals surface area (Å²) in [6.07, 6.45) is 0. The summed E-state index contributed by atoms with van der Waals surface area (Å²) in [4.78, 5) is 23.3. The summed E-state index contributed by atoms with van der Waals surface area (Å²) in [6, 6.07) is 8.42. The summed E-state index contributed by atoms with van der Waals surface area (Å²) in [5.74, 6) is -0.585. The lowest BCUT2D eigenvalue weighted by Gasteiger charge is -2.19. The second-order valence-corrected chi connectivity index (χ2v) is 8.20. The van der Waals surface area contributed by atoms with E-state index in [0.29, 0.717) is 30.0 Å². The number of anilines is 2. The minimum atomic E-state index is -3.69. The van der Waals surface area contributed by atoms with Gasteiger partial charge in [-0.25, -0.2) is 8.42 Å². The highest BCUT2D eigenvalue weighted by Crippen LogP contribution is 2.26. The molecule has 2 aromatic rings. The monoisotopic (exact) mass is 420 g/mol. The number of rotatable bonds is 8. The molecule has 0 aliphatic carbocycles. The quantitative estimate of drug-likeness (QED) is 0.499. The van der Waals surface area contributed by atoms with Crippen molar-refractivity contribution in [1.82, 2.24) is 4.31 Å². The number of sulfonamides is 1. The molecular formula is C19H24N4O5S. The zero-order valence-corrected chi connectivity index (χ0v) is 17.5. The van der Waals surface area contributed by atoms with Crippen LogP contribution >= 0.6 is 0 Å². The molecule has 10 heteroatoms. The highest BCUT2D eigenvalue weighted by molar-refractivity contribution is 7.89. The van der Waals surface area contributed by atoms with E-state index in [9.17, 15) is 23.3 Å². The summed E-state index contributed by atoms with van der Waals surface area (Å²) in [5.41, 5.74) is 1.25. The first kappa shape index (κ1) is 22.3. The molecule has 0 atom stereocenters. The minimum absolute atomic E-state index is 0.0648. The number of carbonyl (C=O) groups is 1. The highest BCUT2D eigenvalue weighted by atomic mass is 32.2. The number of nitro groups is 1. The van der Waals surface area contributed by atoms with Gasteiger partial charge in [-0.05, 0) is 30.7 Å². The molecule has 0 bridgehead atoms. The summed E-state index contributed by atoms with van der Waals surface area (Å²) in [5, 5.41) is 16.5. The Labute approximate surface area is 169 Å². The lowest BCUT2D eigenvalue weighted by molar-refractivity contribution is -0.384. The number of amides is 1. The van der Waals surface area contributed by atoms with Gasteiger partial charge in [-0.1, -0.05) is 19.9 Å². The topological polar surface area (TPSA) is 122 Å². The first-order valence-corrected chi connectivity index (χ1v) is 10.5. The molecule has 0 unspecified atom stereocenters. The molecule has 0 aromatic heterocycles. The maximum absolute atomic E-state index is 12.8. The molecule has 9 nitrogen and oxygen atoms in total. The van der Waals surface area contributed by atoms with Crippen LogP contribution in [0.4, 0.5) is 17.1 Å². The molecule has 0 radical (unpaired) electrons. The predicted molar refractivity (Wildman–Crippen MR) is 112 cm³/mol. The van der Waals surface area contributed by atoms with Gasteiger partial charge in [0.1, 0.15) is 0 Å². The number of non-ortho nitro benzene ring substituents is 1. The maximum Gasteiger partial charge on any atom is 0.270 e. The number of hydrogen-bond donors (Lipinski definition) is 2. The van der Waals surface area contributed by atoms with Crippen LogP contribution in [0.2, 0.25) is 0 Å². The minimum Gasteiger partial charge on any atom is -0.387 e. The number of nitrogens with zero attached hydrogens (tertiary/aromatic N) is 2. The average molecular weight is 420 g/mol. The fourth-order valence-electron chi connectivity index (χ4n) is 2.85. The highest BCUT2D eigenvalue weighted by Gasteiger charge is 2.23. The van der Waals surface area contributed by atoms with Gasteiger partial charge in [0.05, 0.1) is 15.4 Å². The number of hydrogen-bond acceptors (Lipinski definition) is 6. The van der Waals surface area contributed by atoms with Gasteiger partial charge in [-0.15, -0.1) is 0 Å². The van der Waals surface area contributed by atoms with E-state index >= 15 is 0 Å². The molecule has 0 heterocycles. The standard InChI is InChI=1S/C19H24N4O5S/c1-5-22(6-2)29(27,28)15-9-7-13(3)18(12-15)21-19(24)16-11-14(23(25)26)8-10-17(16)20-4/h7-12,20H,5-6H2,1-4H3,(H,21,24). The Kier molecular flexibility index (Phi) is 6.93. The van der Waals surface area contributed by atoms with Crippen molar-refractivity contribution in [2.45, 2.75) is 25.7 Å². The van der Waals surface area contributed by atoms with Crippen molar-refractivity contribution < 1.29 is 18.1 Å². The molecule has 0 spiro atoms. The molecule has 0 aliphatic rings. The van der Waals surface area contributed by atoms with Crippen LogP contribution in [-0.2, 0) is 10.0 Å². The van der Waals surface area contributed by atoms with E-state index in [1.54, 1.807) is 33.9 Å². The second kappa shape index (κ2) is 9.01. The normalized spacial score (nSPS) is 11.3. The van der Waals surface area contributed by atoms with Crippen molar-refractivity contribution in [3.63, 3.8) is 0 Å². The smallest absolute Gasteiger partial charge is 0.270 e. The number of benzene rings is 2. The molecule has 2 rings (SSSR count). The Morgan fingerprint density at radius 2 is 1.76 bits per heavy atom. The first-order chi connectivity index (χ1) is 13.6. The van der Waals surface area contributed by atoms with Gasteiger partial charge in [0.25, 0.3) is 11.6 Å². The van der Waals surface area contributed by atoms with Crippen LogP contribution in [0.5, 0.6) is 0 Å². The van der Waals surface area contributed by atoms with Gasteiger partial charge in [-0.2, -0.15) is 4.31 Å². The van der Waals surface area contributed by atoms with Crippen molar-refractivity contribution in [3.05, 3.63) is 57.6 Å². The van der Waals surface area contributed by atoms with E-state index in [1.807, 2.05) is 0 Å². The van der Waals surface area contributed by atoms with Crippen LogP contribution in [0, 0.1) is 17.0 Å². The zero-order valence-electron chi connectivity index (χ0n) is 16.7. The third-order valence-electron chi connectivity index (χ3n) is 4.53. The van der Waals surface area contributed by atoms with E-state index in [1.165, 1.54) is 34.6 Å². The molecular weight excluding hydrogens is 396 g/mol. The number of carbonyl (C=O) groups excluding carboxylic acids is 1. The van der Waals surface area contributed by atoms with E-state index in [4.69, 9.17) is 0 Å². The van der Waals surface area contributed by atoms with Crippen LogP contribution in [-0.4, -0.2) is 43.7 Å². The average Bonchev–Trinajstić information content (AvgIpc) is 2.69. The zero-order chi connectivity index (χ0) is 21.8. The lowest BCUT2D eigenvalue weighted by atomic mass is 10.1. The van der Waals surface area contributed by atoms with E-state index in [-0.39, 0.29) is 16.1 Å². The molecule has 2 N–H and O–H groups in total. The van der Waals surface area contributed by atoms with E-state index in [2.05, 4.69) is 10.6 Å². The van der Waals surface area contributed by atoms with E-state index < -0.39 is 20.9 Å². The SMILES string of the molecule is CCN(CC)S(=O)(=O)c1ccc(C)c(NC(=O)c2cc([N+](=O)[O-])ccc2NC)c1. The van der Waals surface area contributed by atoms with Gasteiger partial charge in [0, 0.05) is 43.6 Å². The summed E-state index contributed by atoms with van der Waals surface area (Å²) >= 11 is 0. The Morgan fingerprint density at radius 1 is 1.10 bits per heavy atom. The van der Waals surface area contributed by atoms with Crippen molar-refractivity contribution in [3.8, 4) is 0 Å². The van der Waals surface area contributed by atoms with E-state index in [0.717, 1.165) is 0 Å². The molecule has 0 aliphatic heterocycles. The van der Waals surface area contributed by atoms with Crippen LogP contribution in [0.25, 0.3) is 0 Å². The van der Waals surface area contributed by atoms with Gasteiger partial charge in [0.15, 0.2) is 0 Å². The van der Waals surface area contributed by atoms with Gasteiger partial charge >= 0.3 is 0 Å². The number of nitro benzene ring substituents is 1. The Balaban J connectivity index is 2.44. The second-order valence-electron chi connectivity index (χ2n) is 6.26. The van der Waals surface area contributed by atoms with Crippen molar-refractivity contribution in [1.29, 1.82) is 0 Å². The molecule has 29 heavy (non-hydrogen) atoms. The van der Waals surface area contributed by atoms with Crippen LogP contribution in [0.1, 0.15) is 29.8 Å². The summed E-state index contributed by atoms with van der Waals surface area (Å²) in [6.45, 7) is 5.89. The third-order valence-corrected chi connectivity index (χ3v) is 6.57. The molecule has 0 saturated carbocycles. The fourth-order valence-corrected chi connectivity index (χ4v) is 4.33. The van der Waals surface area contributed by atoms with Crippen molar-refractivity contribution in [2.75, 3.05) is 30.8 Å². The third kappa shape index (κ3) is 4.72. The first-order valence-electron chi connectivity index (χ1n) is 9.04. The number of nitrogens with one attached hydrogen (secondary N) is 2. The Bertz CT molecular complexity index is 1030. The number of aryl methyl sites for hydroxylation is 1.